The fourth-order valence-corrected chi connectivity index (χ4v) is 1.92. The maximum atomic E-state index is 12.5. The van der Waals surface area contributed by atoms with E-state index in [1.165, 1.54) is 0 Å². The molecular weight excluding hydrogens is 244 g/mol. The van der Waals surface area contributed by atoms with Crippen LogP contribution in [0.2, 0.25) is 0 Å². The smallest absolute Gasteiger partial charge is 0.239 e. The van der Waals surface area contributed by atoms with Crippen LogP contribution in [0.5, 0.6) is 0 Å². The molecule has 1 rings (SSSR count). The van der Waals surface area contributed by atoms with Crippen molar-refractivity contribution >= 4 is 28.8 Å². The number of carbonyl (C=O) groups excluding carboxylic acids is 1. The minimum Gasteiger partial charge on any atom is -0.392 e. The molecule has 0 bridgehead atoms. The Hall–Kier alpha value is -1.42. The molecule has 1 aromatic rings. The van der Waals surface area contributed by atoms with Crippen LogP contribution in [0, 0.1) is 12.3 Å². The topological polar surface area (TPSA) is 46.3 Å². The van der Waals surface area contributed by atoms with Gasteiger partial charge < -0.3 is 10.6 Å². The highest BCUT2D eigenvalue weighted by Crippen LogP contribution is 2.27. The fourth-order valence-electron chi connectivity index (χ4n) is 1.69. The summed E-state index contributed by atoms with van der Waals surface area (Å²) in [6.45, 7) is 5.72. The number of thiocarbonyl (C=S) groups is 1. The minimum atomic E-state index is -0.783. The molecular formula is C14H20N2OS. The second kappa shape index (κ2) is 5.48. The molecule has 98 valence electrons. The van der Waals surface area contributed by atoms with Gasteiger partial charge in [-0.05, 0) is 32.4 Å². The Kier molecular flexibility index (Phi) is 4.46. The molecule has 0 saturated heterocycles. The molecule has 0 heterocycles. The van der Waals surface area contributed by atoms with Crippen LogP contribution in [-0.2, 0) is 4.79 Å². The zero-order valence-corrected chi connectivity index (χ0v) is 12.2. The van der Waals surface area contributed by atoms with Gasteiger partial charge in [-0.1, -0.05) is 36.8 Å². The van der Waals surface area contributed by atoms with E-state index in [0.717, 1.165) is 11.3 Å². The predicted molar refractivity (Wildman–Crippen MR) is 79.8 cm³/mol. The average molecular weight is 264 g/mol. The van der Waals surface area contributed by atoms with Crippen molar-refractivity contribution in [3.05, 3.63) is 29.8 Å². The number of rotatable bonds is 4. The molecule has 2 N–H and O–H groups in total. The van der Waals surface area contributed by atoms with Crippen LogP contribution in [-0.4, -0.2) is 17.9 Å². The third kappa shape index (κ3) is 2.70. The van der Waals surface area contributed by atoms with E-state index in [0.29, 0.717) is 6.42 Å². The molecule has 4 heteroatoms. The van der Waals surface area contributed by atoms with Crippen molar-refractivity contribution < 1.29 is 4.79 Å². The summed E-state index contributed by atoms with van der Waals surface area (Å²) in [5.41, 5.74) is 6.93. The van der Waals surface area contributed by atoms with E-state index in [4.69, 9.17) is 18.0 Å². The van der Waals surface area contributed by atoms with E-state index >= 15 is 0 Å². The third-order valence-corrected chi connectivity index (χ3v) is 3.90. The summed E-state index contributed by atoms with van der Waals surface area (Å²) in [4.78, 5) is 14.3. The zero-order valence-electron chi connectivity index (χ0n) is 11.4. The van der Waals surface area contributed by atoms with Crippen LogP contribution in [0.15, 0.2) is 24.3 Å². The summed E-state index contributed by atoms with van der Waals surface area (Å²) < 4.78 is 0. The lowest BCUT2D eigenvalue weighted by Crippen LogP contribution is -2.47. The number of anilines is 1. The first-order valence-electron chi connectivity index (χ1n) is 5.97. The molecule has 0 aliphatic heterocycles. The zero-order chi connectivity index (χ0) is 13.9. The van der Waals surface area contributed by atoms with E-state index in [1.54, 1.807) is 18.9 Å². The van der Waals surface area contributed by atoms with Gasteiger partial charge in [-0.3, -0.25) is 4.79 Å². The summed E-state index contributed by atoms with van der Waals surface area (Å²) in [7, 11) is 1.75. The van der Waals surface area contributed by atoms with Gasteiger partial charge in [0.1, 0.15) is 0 Å². The van der Waals surface area contributed by atoms with Gasteiger partial charge in [0.15, 0.2) is 0 Å². The summed E-state index contributed by atoms with van der Waals surface area (Å²) in [5, 5.41) is 0. The van der Waals surface area contributed by atoms with Crippen molar-refractivity contribution in [3.8, 4) is 0 Å². The maximum absolute atomic E-state index is 12.5. The minimum absolute atomic E-state index is 0.0682. The predicted octanol–water partition coefficient (Wildman–Crippen LogP) is 2.66. The molecule has 1 atom stereocenters. The molecule has 0 radical (unpaired) electrons. The molecule has 0 fully saturated rings. The molecule has 1 aromatic carbocycles. The van der Waals surface area contributed by atoms with Crippen molar-refractivity contribution in [2.24, 2.45) is 11.1 Å². The number of aryl methyl sites for hydroxylation is 1. The van der Waals surface area contributed by atoms with Crippen LogP contribution in [0.1, 0.15) is 25.8 Å². The summed E-state index contributed by atoms with van der Waals surface area (Å²) in [6.07, 6.45) is 0.595. The first-order valence-corrected chi connectivity index (χ1v) is 6.38. The highest BCUT2D eigenvalue weighted by Gasteiger charge is 2.37. The van der Waals surface area contributed by atoms with Crippen LogP contribution in [0.25, 0.3) is 0 Å². The first kappa shape index (κ1) is 14.6. The standard InChI is InChI=1S/C14H20N2OS/c1-5-14(3,12(15)18)13(17)16(4)11-8-6-10(2)7-9-11/h6-9H,5H2,1-4H3,(H2,15,18). The highest BCUT2D eigenvalue weighted by molar-refractivity contribution is 7.80. The fraction of sp³-hybridized carbons (Fsp3) is 0.429. The van der Waals surface area contributed by atoms with E-state index in [2.05, 4.69) is 0 Å². The quantitative estimate of drug-likeness (QED) is 0.850. The number of carbonyl (C=O) groups is 1. The molecule has 1 amide bonds. The number of hydrogen-bond donors (Lipinski definition) is 1. The van der Waals surface area contributed by atoms with Crippen LogP contribution in [0.4, 0.5) is 5.69 Å². The van der Waals surface area contributed by atoms with Gasteiger partial charge >= 0.3 is 0 Å². The van der Waals surface area contributed by atoms with Crippen LogP contribution in [0.3, 0.4) is 0 Å². The van der Waals surface area contributed by atoms with Crippen molar-refractivity contribution in [3.63, 3.8) is 0 Å². The molecule has 1 unspecified atom stereocenters. The Labute approximate surface area is 114 Å². The van der Waals surface area contributed by atoms with E-state index < -0.39 is 5.41 Å². The maximum Gasteiger partial charge on any atom is 0.239 e. The van der Waals surface area contributed by atoms with E-state index in [-0.39, 0.29) is 10.9 Å². The molecule has 0 aromatic heterocycles. The number of benzene rings is 1. The SMILES string of the molecule is CCC(C)(C(=O)N(C)c1ccc(C)cc1)C(N)=S. The van der Waals surface area contributed by atoms with Gasteiger partial charge in [0.05, 0.1) is 10.4 Å². The van der Waals surface area contributed by atoms with Crippen LogP contribution < -0.4 is 10.6 Å². The van der Waals surface area contributed by atoms with Crippen molar-refractivity contribution in [1.29, 1.82) is 0 Å². The molecule has 0 aliphatic rings. The molecule has 0 saturated carbocycles. The molecule has 0 spiro atoms. The second-order valence-electron chi connectivity index (χ2n) is 4.75. The number of amides is 1. The Morgan fingerprint density at radius 2 is 1.89 bits per heavy atom. The average Bonchev–Trinajstić information content (AvgIpc) is 2.36. The van der Waals surface area contributed by atoms with E-state index in [1.807, 2.05) is 38.1 Å². The highest BCUT2D eigenvalue weighted by atomic mass is 32.1. The Morgan fingerprint density at radius 1 is 1.39 bits per heavy atom. The van der Waals surface area contributed by atoms with Crippen LogP contribution >= 0.6 is 12.2 Å². The van der Waals surface area contributed by atoms with Gasteiger partial charge in [-0.2, -0.15) is 0 Å². The van der Waals surface area contributed by atoms with Gasteiger partial charge in [0, 0.05) is 12.7 Å². The van der Waals surface area contributed by atoms with Crippen molar-refractivity contribution in [1.82, 2.24) is 0 Å². The van der Waals surface area contributed by atoms with Crippen molar-refractivity contribution in [2.75, 3.05) is 11.9 Å². The lowest BCUT2D eigenvalue weighted by molar-refractivity contribution is -0.124. The number of nitrogens with two attached hydrogens (primary N) is 1. The monoisotopic (exact) mass is 264 g/mol. The second-order valence-corrected chi connectivity index (χ2v) is 5.19. The van der Waals surface area contributed by atoms with E-state index in [9.17, 15) is 4.79 Å². The largest absolute Gasteiger partial charge is 0.392 e. The Bertz CT molecular complexity index is 455. The Morgan fingerprint density at radius 3 is 2.28 bits per heavy atom. The lowest BCUT2D eigenvalue weighted by Gasteiger charge is -2.31. The normalized spacial score (nSPS) is 13.8. The number of nitrogens with zero attached hydrogens (tertiary/aromatic N) is 1. The third-order valence-electron chi connectivity index (χ3n) is 3.45. The molecule has 18 heavy (non-hydrogen) atoms. The van der Waals surface area contributed by atoms with Gasteiger partial charge in [-0.15, -0.1) is 0 Å². The van der Waals surface area contributed by atoms with Gasteiger partial charge in [0.2, 0.25) is 5.91 Å². The molecule has 0 aliphatic carbocycles. The number of hydrogen-bond acceptors (Lipinski definition) is 2. The summed E-state index contributed by atoms with van der Waals surface area (Å²) in [5.74, 6) is -0.0682. The summed E-state index contributed by atoms with van der Waals surface area (Å²) in [6, 6.07) is 7.79. The summed E-state index contributed by atoms with van der Waals surface area (Å²) >= 11 is 5.03. The van der Waals surface area contributed by atoms with Gasteiger partial charge in [0.25, 0.3) is 0 Å². The van der Waals surface area contributed by atoms with Gasteiger partial charge in [-0.25, -0.2) is 0 Å². The lowest BCUT2D eigenvalue weighted by atomic mass is 9.86. The molecule has 3 nitrogen and oxygen atoms in total. The Balaban J connectivity index is 3.03. The first-order chi connectivity index (χ1) is 8.32. The van der Waals surface area contributed by atoms with Crippen molar-refractivity contribution in [2.45, 2.75) is 27.2 Å².